The van der Waals surface area contributed by atoms with Gasteiger partial charge in [0.15, 0.2) is 11.4 Å². The first kappa shape index (κ1) is 20.9. The van der Waals surface area contributed by atoms with Crippen LogP contribution in [0, 0.1) is 11.3 Å². The van der Waals surface area contributed by atoms with Gasteiger partial charge in [0.1, 0.15) is 21.9 Å². The smallest absolute Gasteiger partial charge is 0.352 e. The molecule has 1 heterocycles. The number of Topliss-reactive ketones (excluding diaryl/α,β-unsaturated/α-hetero) is 1. The van der Waals surface area contributed by atoms with Crippen molar-refractivity contribution >= 4 is 40.5 Å². The number of hydrogen-bond donors (Lipinski definition) is 1. The van der Waals surface area contributed by atoms with Crippen LogP contribution in [0.2, 0.25) is 0 Å². The molecule has 7 nitrogen and oxygen atoms in total. The molecule has 0 fully saturated rings. The van der Waals surface area contributed by atoms with E-state index in [9.17, 15) is 19.6 Å². The Labute approximate surface area is 165 Å². The molecule has 28 heavy (non-hydrogen) atoms. The molecule has 0 saturated carbocycles. The Bertz CT molecular complexity index is 1120. The van der Waals surface area contributed by atoms with E-state index < -0.39 is 5.97 Å². The molecule has 2 rings (SSSR count). The molecule has 0 aliphatic rings. The van der Waals surface area contributed by atoms with Crippen LogP contribution in [0.1, 0.15) is 24.2 Å². The number of thiazole rings is 1. The minimum atomic E-state index is -0.801. The van der Waals surface area contributed by atoms with Crippen LogP contribution in [0.5, 0.6) is 0 Å². The molecular formula is C20H19N3O4S. The zero-order chi connectivity index (χ0) is 20.7. The van der Waals surface area contributed by atoms with Gasteiger partial charge in [-0.1, -0.05) is 12.7 Å². The Kier molecular flexibility index (Phi) is 7.07. The number of nitrogens with zero attached hydrogens (tertiary/aromatic N) is 2. The van der Waals surface area contributed by atoms with Crippen molar-refractivity contribution in [2.24, 2.45) is 0 Å². The van der Waals surface area contributed by atoms with Crippen molar-refractivity contribution in [1.82, 2.24) is 4.57 Å². The molecule has 0 aliphatic heterocycles. The van der Waals surface area contributed by atoms with Gasteiger partial charge in [-0.3, -0.25) is 14.2 Å². The van der Waals surface area contributed by atoms with Crippen molar-refractivity contribution in [1.29, 1.82) is 5.26 Å². The molecule has 0 amide bonds. The maximum atomic E-state index is 12.6. The average Bonchev–Trinajstić information content (AvgIpc) is 3.00. The molecule has 0 aliphatic carbocycles. The molecule has 1 aromatic heterocycles. The number of rotatable bonds is 7. The van der Waals surface area contributed by atoms with E-state index in [1.807, 2.05) is 6.07 Å². The normalized spacial score (nSPS) is 12.1. The van der Waals surface area contributed by atoms with E-state index in [4.69, 9.17) is 4.74 Å². The number of ketones is 1. The summed E-state index contributed by atoms with van der Waals surface area (Å²) in [5.74, 6) is -0.836. The summed E-state index contributed by atoms with van der Waals surface area (Å²) >= 11 is 1.02. The number of aromatic nitrogens is 1. The molecule has 0 atom stereocenters. The van der Waals surface area contributed by atoms with Crippen LogP contribution in [0.25, 0.3) is 11.8 Å². The van der Waals surface area contributed by atoms with Gasteiger partial charge in [0, 0.05) is 24.0 Å². The van der Waals surface area contributed by atoms with E-state index in [1.54, 1.807) is 31.2 Å². The average molecular weight is 397 g/mol. The van der Waals surface area contributed by atoms with E-state index in [1.165, 1.54) is 23.8 Å². The van der Waals surface area contributed by atoms with Gasteiger partial charge >= 0.3 is 5.97 Å². The summed E-state index contributed by atoms with van der Waals surface area (Å²) in [6.07, 6.45) is 2.91. The van der Waals surface area contributed by atoms with Crippen molar-refractivity contribution < 1.29 is 14.3 Å². The Morgan fingerprint density at radius 3 is 2.57 bits per heavy atom. The number of nitrogens with one attached hydrogen (secondary N) is 1. The van der Waals surface area contributed by atoms with Crippen molar-refractivity contribution in [2.75, 3.05) is 11.9 Å². The quantitative estimate of drug-likeness (QED) is 0.430. The Hall–Kier alpha value is -3.44. The van der Waals surface area contributed by atoms with Crippen LogP contribution in [0.3, 0.4) is 0 Å². The lowest BCUT2D eigenvalue weighted by Crippen LogP contribution is -2.32. The number of esters is 1. The molecule has 0 saturated heterocycles. The zero-order valence-corrected chi connectivity index (χ0v) is 16.3. The molecule has 0 spiro atoms. The molecular weight excluding hydrogens is 378 g/mol. The fourth-order valence-corrected chi connectivity index (χ4v) is 3.41. The number of benzene rings is 1. The van der Waals surface area contributed by atoms with E-state index in [0.717, 1.165) is 11.3 Å². The predicted molar refractivity (Wildman–Crippen MR) is 108 cm³/mol. The van der Waals surface area contributed by atoms with Crippen LogP contribution in [0.15, 0.2) is 41.7 Å². The third-order valence-electron chi connectivity index (χ3n) is 3.75. The standard InChI is InChI=1S/C20H19N3O4S/c1-4-10-27-20(26)16(11-21)19-23(5-2)18(25)17(28-19)12-22-15-8-6-14(7-9-15)13(3)24/h4,6-9,12,22H,1,5,10H2,2-3H3/b17-12+,19-16-. The molecule has 8 heteroatoms. The van der Waals surface area contributed by atoms with Crippen molar-refractivity contribution in [2.45, 2.75) is 20.4 Å². The van der Waals surface area contributed by atoms with Gasteiger partial charge in [0.25, 0.3) is 5.56 Å². The summed E-state index contributed by atoms with van der Waals surface area (Å²) in [4.78, 5) is 36.0. The Morgan fingerprint density at radius 1 is 1.36 bits per heavy atom. The van der Waals surface area contributed by atoms with Gasteiger partial charge in [0.05, 0.1) is 0 Å². The van der Waals surface area contributed by atoms with Gasteiger partial charge in [0.2, 0.25) is 0 Å². The topological polar surface area (TPSA) is 101 Å². The molecule has 144 valence electrons. The van der Waals surface area contributed by atoms with Crippen LogP contribution in [-0.4, -0.2) is 22.9 Å². The number of nitriles is 1. The number of ether oxygens (including phenoxy) is 1. The van der Waals surface area contributed by atoms with E-state index in [2.05, 4.69) is 11.9 Å². The summed E-state index contributed by atoms with van der Waals surface area (Å²) in [6.45, 7) is 6.96. The van der Waals surface area contributed by atoms with Gasteiger partial charge in [-0.25, -0.2) is 4.79 Å². The fourth-order valence-electron chi connectivity index (χ4n) is 2.33. The maximum absolute atomic E-state index is 12.6. The molecule has 1 aromatic carbocycles. The summed E-state index contributed by atoms with van der Waals surface area (Å²) in [7, 11) is 0. The summed E-state index contributed by atoms with van der Waals surface area (Å²) in [5.41, 5.74) is 0.733. The highest BCUT2D eigenvalue weighted by Gasteiger charge is 2.16. The fraction of sp³-hybridized carbons (Fsp3) is 0.200. The first-order chi connectivity index (χ1) is 13.4. The second-order valence-corrected chi connectivity index (χ2v) is 6.65. The van der Waals surface area contributed by atoms with Crippen LogP contribution >= 0.6 is 11.3 Å². The number of hydrogen-bond acceptors (Lipinski definition) is 7. The highest BCUT2D eigenvalue weighted by Crippen LogP contribution is 2.09. The molecule has 0 radical (unpaired) electrons. The maximum Gasteiger partial charge on any atom is 0.352 e. The molecule has 0 bridgehead atoms. The van der Waals surface area contributed by atoms with Gasteiger partial charge in [-0.15, -0.1) is 11.3 Å². The number of anilines is 1. The second-order valence-electron chi connectivity index (χ2n) is 5.62. The van der Waals surface area contributed by atoms with Gasteiger partial charge in [-0.2, -0.15) is 5.26 Å². The zero-order valence-electron chi connectivity index (χ0n) is 15.5. The highest BCUT2D eigenvalue weighted by atomic mass is 32.1. The molecule has 0 unspecified atom stereocenters. The van der Waals surface area contributed by atoms with Crippen LogP contribution < -0.4 is 20.1 Å². The summed E-state index contributed by atoms with van der Waals surface area (Å²) in [5, 5.41) is 12.4. The van der Waals surface area contributed by atoms with Crippen LogP contribution in [-0.2, 0) is 16.1 Å². The first-order valence-corrected chi connectivity index (χ1v) is 9.24. The second kappa shape index (κ2) is 9.48. The van der Waals surface area contributed by atoms with E-state index in [-0.39, 0.29) is 28.2 Å². The Morgan fingerprint density at radius 2 is 2.04 bits per heavy atom. The van der Waals surface area contributed by atoms with Crippen molar-refractivity contribution in [3.8, 4) is 6.07 Å². The van der Waals surface area contributed by atoms with Crippen molar-refractivity contribution in [3.63, 3.8) is 0 Å². The number of carbonyl (C=O) groups excluding carboxylic acids is 2. The third kappa shape index (κ3) is 4.64. The largest absolute Gasteiger partial charge is 0.457 e. The van der Waals surface area contributed by atoms with Gasteiger partial charge < -0.3 is 10.1 Å². The highest BCUT2D eigenvalue weighted by molar-refractivity contribution is 7.07. The predicted octanol–water partition coefficient (Wildman–Crippen LogP) is 1.39. The summed E-state index contributed by atoms with van der Waals surface area (Å²) in [6, 6.07) is 8.63. The van der Waals surface area contributed by atoms with E-state index >= 15 is 0 Å². The van der Waals surface area contributed by atoms with Crippen molar-refractivity contribution in [3.05, 3.63) is 62.0 Å². The molecule has 2 aromatic rings. The lowest BCUT2D eigenvalue weighted by molar-refractivity contribution is -0.135. The number of carbonyl (C=O) groups is 2. The lowest BCUT2D eigenvalue weighted by atomic mass is 10.1. The lowest BCUT2D eigenvalue weighted by Gasteiger charge is -2.00. The van der Waals surface area contributed by atoms with E-state index in [0.29, 0.717) is 22.3 Å². The Balaban J connectivity index is 2.48. The monoisotopic (exact) mass is 397 g/mol. The third-order valence-corrected chi connectivity index (χ3v) is 4.88. The summed E-state index contributed by atoms with van der Waals surface area (Å²) < 4.78 is 6.85. The first-order valence-electron chi connectivity index (χ1n) is 8.42. The minimum absolute atomic E-state index is 0.0253. The molecule has 1 N–H and O–H groups in total. The SMILES string of the molecule is C=CCOC(=O)/C(C#N)=c1\s/c(=C/Nc2ccc(C(C)=O)cc2)c(=O)n1CC. The van der Waals surface area contributed by atoms with Gasteiger partial charge in [-0.05, 0) is 38.1 Å². The minimum Gasteiger partial charge on any atom is -0.457 e. The van der Waals surface area contributed by atoms with Crippen LogP contribution in [0.4, 0.5) is 5.69 Å².